The summed E-state index contributed by atoms with van der Waals surface area (Å²) in [7, 11) is 0. The first kappa shape index (κ1) is 56.4. The van der Waals surface area contributed by atoms with Gasteiger partial charge in [0.2, 0.25) is 0 Å². The van der Waals surface area contributed by atoms with Crippen LogP contribution < -0.4 is 0 Å². The summed E-state index contributed by atoms with van der Waals surface area (Å²) in [5, 5.41) is 0. The molecule has 0 aromatic carbocycles. The number of carbonyl (C=O) groups excluding carboxylic acids is 3. The van der Waals surface area contributed by atoms with E-state index in [0.717, 1.165) is 83.5 Å². The maximum Gasteiger partial charge on any atom is 0.306 e. The average molecular weight is 827 g/mol. The lowest BCUT2D eigenvalue weighted by Gasteiger charge is -2.18. The topological polar surface area (TPSA) is 78.9 Å². The molecule has 342 valence electrons. The summed E-state index contributed by atoms with van der Waals surface area (Å²) in [6, 6.07) is 0. The van der Waals surface area contributed by atoms with E-state index >= 15 is 0 Å². The first-order chi connectivity index (χ1) is 29.0. The van der Waals surface area contributed by atoms with Crippen molar-refractivity contribution >= 4 is 17.9 Å². The van der Waals surface area contributed by atoms with Crippen LogP contribution in [0.4, 0.5) is 0 Å². The van der Waals surface area contributed by atoms with Crippen LogP contribution in [0.5, 0.6) is 0 Å². The van der Waals surface area contributed by atoms with Gasteiger partial charge in [0.1, 0.15) is 13.2 Å². The second-order valence-electron chi connectivity index (χ2n) is 16.8. The van der Waals surface area contributed by atoms with Gasteiger partial charge in [-0.25, -0.2) is 0 Å². The molecule has 0 spiro atoms. The Bertz CT molecular complexity index is 1040. The maximum atomic E-state index is 12.7. The molecule has 1 unspecified atom stereocenters. The van der Waals surface area contributed by atoms with Crippen molar-refractivity contribution in [1.29, 1.82) is 0 Å². The van der Waals surface area contributed by atoms with E-state index in [1.54, 1.807) is 0 Å². The minimum Gasteiger partial charge on any atom is -0.462 e. The fourth-order valence-corrected chi connectivity index (χ4v) is 7.01. The van der Waals surface area contributed by atoms with Gasteiger partial charge < -0.3 is 14.2 Å². The first-order valence-electron chi connectivity index (χ1n) is 25.2. The number of unbranched alkanes of at least 4 members (excludes halogenated alkanes) is 28. The summed E-state index contributed by atoms with van der Waals surface area (Å²) in [6.07, 6.45) is 56.7. The Morgan fingerprint density at radius 3 is 0.915 bits per heavy atom. The van der Waals surface area contributed by atoms with E-state index in [1.165, 1.54) is 128 Å². The van der Waals surface area contributed by atoms with Crippen molar-refractivity contribution in [3.63, 3.8) is 0 Å². The highest BCUT2D eigenvalue weighted by atomic mass is 16.6. The lowest BCUT2D eigenvalue weighted by atomic mass is 10.1. The Morgan fingerprint density at radius 2 is 0.593 bits per heavy atom. The maximum absolute atomic E-state index is 12.7. The van der Waals surface area contributed by atoms with Crippen molar-refractivity contribution in [1.82, 2.24) is 0 Å². The molecule has 6 nitrogen and oxygen atoms in total. The highest BCUT2D eigenvalue weighted by Crippen LogP contribution is 2.14. The van der Waals surface area contributed by atoms with Crippen LogP contribution in [0.15, 0.2) is 48.6 Å². The second kappa shape index (κ2) is 48.0. The standard InChI is InChI=1S/C53H94O6/c1-4-7-10-13-16-19-21-23-25-27-29-31-34-37-40-43-46-52(55)58-49-50(48-57-51(54)45-42-39-36-33-18-15-12-9-6-3)59-53(56)47-44-41-38-35-32-30-28-26-24-22-20-17-14-11-8-5-2/h25-32,50H,4-24,33-49H2,1-3H3/b27-25-,28-26-,31-29-,32-30-. The van der Waals surface area contributed by atoms with E-state index in [0.29, 0.717) is 19.3 Å². The third kappa shape index (κ3) is 46.3. The normalized spacial score (nSPS) is 12.4. The third-order valence-electron chi connectivity index (χ3n) is 10.9. The van der Waals surface area contributed by atoms with Crippen molar-refractivity contribution in [3.05, 3.63) is 48.6 Å². The molecule has 0 saturated carbocycles. The second-order valence-corrected chi connectivity index (χ2v) is 16.8. The Hall–Kier alpha value is -2.63. The van der Waals surface area contributed by atoms with Crippen molar-refractivity contribution < 1.29 is 28.6 Å². The van der Waals surface area contributed by atoms with Crippen molar-refractivity contribution in [2.45, 2.75) is 258 Å². The van der Waals surface area contributed by atoms with Crippen LogP contribution >= 0.6 is 0 Å². The molecule has 0 radical (unpaired) electrons. The van der Waals surface area contributed by atoms with Gasteiger partial charge in [-0.15, -0.1) is 0 Å². The molecule has 59 heavy (non-hydrogen) atoms. The van der Waals surface area contributed by atoms with Gasteiger partial charge in [-0.3, -0.25) is 14.4 Å². The minimum absolute atomic E-state index is 0.0909. The van der Waals surface area contributed by atoms with Crippen LogP contribution in [0.1, 0.15) is 252 Å². The molecular weight excluding hydrogens is 733 g/mol. The largest absolute Gasteiger partial charge is 0.462 e. The Morgan fingerprint density at radius 1 is 0.339 bits per heavy atom. The SMILES string of the molecule is CCCCCCCCC/C=C\C=C/CCCCCC(=O)OCC(COC(=O)CCCCCCCCCCC)OC(=O)CCCCC/C=C\C=C/CCCCCCCCC. The van der Waals surface area contributed by atoms with E-state index in [2.05, 4.69) is 69.4 Å². The Balaban J connectivity index is 4.42. The molecule has 0 saturated heterocycles. The number of carbonyl (C=O) groups is 3. The van der Waals surface area contributed by atoms with Crippen LogP contribution in [-0.2, 0) is 28.6 Å². The quantitative estimate of drug-likeness (QED) is 0.0263. The molecule has 0 aliphatic heterocycles. The Kier molecular flexibility index (Phi) is 45.9. The van der Waals surface area contributed by atoms with Gasteiger partial charge in [0, 0.05) is 19.3 Å². The van der Waals surface area contributed by atoms with Gasteiger partial charge >= 0.3 is 17.9 Å². The monoisotopic (exact) mass is 827 g/mol. The van der Waals surface area contributed by atoms with Crippen LogP contribution in [0.2, 0.25) is 0 Å². The highest BCUT2D eigenvalue weighted by molar-refractivity contribution is 5.71. The summed E-state index contributed by atoms with van der Waals surface area (Å²) in [4.78, 5) is 37.8. The zero-order valence-corrected chi connectivity index (χ0v) is 39.0. The number of allylic oxidation sites excluding steroid dienone is 8. The highest BCUT2D eigenvalue weighted by Gasteiger charge is 2.19. The first-order valence-corrected chi connectivity index (χ1v) is 25.2. The summed E-state index contributed by atoms with van der Waals surface area (Å²) >= 11 is 0. The van der Waals surface area contributed by atoms with Crippen molar-refractivity contribution in [2.24, 2.45) is 0 Å². The molecule has 0 fully saturated rings. The predicted octanol–water partition coefficient (Wildman–Crippen LogP) is 16.3. The van der Waals surface area contributed by atoms with E-state index in [1.807, 2.05) is 0 Å². The van der Waals surface area contributed by atoms with Gasteiger partial charge in [-0.1, -0.05) is 211 Å². The zero-order valence-electron chi connectivity index (χ0n) is 39.0. The lowest BCUT2D eigenvalue weighted by Crippen LogP contribution is -2.30. The minimum atomic E-state index is -0.793. The van der Waals surface area contributed by atoms with Gasteiger partial charge in [0.05, 0.1) is 0 Å². The molecule has 0 bridgehead atoms. The van der Waals surface area contributed by atoms with Crippen LogP contribution in [0.3, 0.4) is 0 Å². The fraction of sp³-hybridized carbons (Fsp3) is 0.792. The van der Waals surface area contributed by atoms with Crippen LogP contribution in [-0.4, -0.2) is 37.2 Å². The average Bonchev–Trinajstić information content (AvgIpc) is 3.23. The molecule has 1 atom stereocenters. The molecule has 0 N–H and O–H groups in total. The summed E-state index contributed by atoms with van der Waals surface area (Å²) in [5.41, 5.74) is 0. The molecular formula is C53H94O6. The molecule has 0 aliphatic carbocycles. The molecule has 0 rings (SSSR count). The number of hydrogen-bond acceptors (Lipinski definition) is 6. The lowest BCUT2D eigenvalue weighted by molar-refractivity contribution is -0.167. The van der Waals surface area contributed by atoms with Crippen molar-refractivity contribution in [2.75, 3.05) is 13.2 Å². The Labute approximate surface area is 365 Å². The molecule has 0 amide bonds. The summed E-state index contributed by atoms with van der Waals surface area (Å²) < 4.78 is 16.7. The smallest absolute Gasteiger partial charge is 0.306 e. The predicted molar refractivity (Wildman–Crippen MR) is 252 cm³/mol. The number of hydrogen-bond donors (Lipinski definition) is 0. The fourth-order valence-electron chi connectivity index (χ4n) is 7.01. The molecule has 0 aromatic rings. The summed E-state index contributed by atoms with van der Waals surface area (Å²) in [6.45, 7) is 6.57. The van der Waals surface area contributed by atoms with Gasteiger partial charge in [-0.05, 0) is 70.6 Å². The van der Waals surface area contributed by atoms with E-state index in [-0.39, 0.29) is 31.1 Å². The molecule has 0 aromatic heterocycles. The molecule has 6 heteroatoms. The molecule has 0 heterocycles. The van der Waals surface area contributed by atoms with E-state index < -0.39 is 6.10 Å². The van der Waals surface area contributed by atoms with Gasteiger partial charge in [0.25, 0.3) is 0 Å². The van der Waals surface area contributed by atoms with Crippen LogP contribution in [0.25, 0.3) is 0 Å². The molecule has 0 aliphatic rings. The number of esters is 3. The third-order valence-corrected chi connectivity index (χ3v) is 10.9. The van der Waals surface area contributed by atoms with Gasteiger partial charge in [-0.2, -0.15) is 0 Å². The number of ether oxygens (including phenoxy) is 3. The van der Waals surface area contributed by atoms with E-state index in [4.69, 9.17) is 14.2 Å². The summed E-state index contributed by atoms with van der Waals surface area (Å²) in [5.74, 6) is -0.944. The number of rotatable bonds is 45. The van der Waals surface area contributed by atoms with Crippen molar-refractivity contribution in [3.8, 4) is 0 Å². The zero-order chi connectivity index (χ0) is 43.0. The van der Waals surface area contributed by atoms with E-state index in [9.17, 15) is 14.4 Å². The van der Waals surface area contributed by atoms with Crippen LogP contribution in [0, 0.1) is 0 Å². The van der Waals surface area contributed by atoms with Gasteiger partial charge in [0.15, 0.2) is 6.10 Å².